The lowest BCUT2D eigenvalue weighted by atomic mass is 9.64. The molecule has 0 aliphatic carbocycles. The number of primary amides is 1. The van der Waals surface area contributed by atoms with E-state index in [9.17, 15) is 24.3 Å². The van der Waals surface area contributed by atoms with Crippen LogP contribution in [0, 0.1) is 5.92 Å². The Kier molecular flexibility index (Phi) is 12.0. The van der Waals surface area contributed by atoms with Crippen molar-refractivity contribution < 1.29 is 42.7 Å². The smallest absolute Gasteiger partial charge is 0.472 e. The van der Waals surface area contributed by atoms with Crippen LogP contribution in [0.3, 0.4) is 0 Å². The fraction of sp³-hybridized carbons (Fsp3) is 0.405. The highest BCUT2D eigenvalue weighted by Gasteiger charge is 2.54. The summed E-state index contributed by atoms with van der Waals surface area (Å²) in [5.74, 6) is 0.751. The zero-order valence-corrected chi connectivity index (χ0v) is 32.2. The zero-order chi connectivity index (χ0) is 38.6. The Balaban J connectivity index is 1.41. The number of rotatable bonds is 16. The van der Waals surface area contributed by atoms with Gasteiger partial charge in [0, 0.05) is 42.8 Å². The first kappa shape index (κ1) is 39.6. The zero-order valence-electron chi connectivity index (χ0n) is 31.3. The second-order valence-electron chi connectivity index (χ2n) is 15.7. The summed E-state index contributed by atoms with van der Waals surface area (Å²) in [5.41, 5.74) is 10.7. The van der Waals surface area contributed by atoms with E-state index in [4.69, 9.17) is 15.2 Å². The molecule has 3 atom stereocenters. The molecule has 0 aromatic heterocycles. The standard InChI is InChI=1S/C42H52N3O8P/c1-41(2,3)44-26-37(46)31-15-17-39(52-29-53-54(48,49)50)33(25-31)27-45(21-18-30-14-16-38-32(24-30)20-23-51-38)22-19-36(28-45)42(40(43)47,34-10-6-4-7-11-34)35-12-8-5-9-13-35/h4-17,24-25,36-37,44,46H,18-23,26-29H2,1-3H3,(H3-,43,47,48,49,50)/p+1. The number of aliphatic hydroxyl groups is 1. The minimum absolute atomic E-state index is 0.166. The number of nitrogens with one attached hydrogen (secondary N) is 1. The molecule has 11 nitrogen and oxygen atoms in total. The summed E-state index contributed by atoms with van der Waals surface area (Å²) in [6.07, 6.45) is 1.52. The molecule has 4 aromatic carbocycles. The lowest BCUT2D eigenvalue weighted by Gasteiger charge is -2.40. The Hall–Kier alpha value is -4.06. The monoisotopic (exact) mass is 758 g/mol. The number of nitrogens with zero attached hydrogens (tertiary/aromatic N) is 1. The molecule has 2 aliphatic rings. The van der Waals surface area contributed by atoms with Crippen LogP contribution in [0.4, 0.5) is 0 Å². The number of fused-ring (bicyclic) bond motifs is 1. The summed E-state index contributed by atoms with van der Waals surface area (Å²) in [6.45, 7) is 8.97. The van der Waals surface area contributed by atoms with Gasteiger partial charge in [0.05, 0.1) is 32.3 Å². The predicted molar refractivity (Wildman–Crippen MR) is 207 cm³/mol. The van der Waals surface area contributed by atoms with Crippen LogP contribution in [-0.4, -0.2) is 70.4 Å². The van der Waals surface area contributed by atoms with Crippen molar-refractivity contribution in [1.29, 1.82) is 0 Å². The molecule has 1 fully saturated rings. The van der Waals surface area contributed by atoms with E-state index in [2.05, 4.69) is 22.0 Å². The van der Waals surface area contributed by atoms with Crippen molar-refractivity contribution in [3.05, 3.63) is 130 Å². The SMILES string of the molecule is CC(C)(C)NCC(O)c1ccc(OCOP(=O)(O)O)c(C[N+]2(CCc3ccc4c(c3)CCO4)CCC(C(C(N)=O)(c3ccccc3)c3ccccc3)C2)c1. The molecule has 2 aliphatic heterocycles. The number of nitrogens with two attached hydrogens (primary N) is 1. The third kappa shape index (κ3) is 9.24. The largest absolute Gasteiger partial charge is 0.493 e. The quantitative estimate of drug-likeness (QED) is 0.0562. The number of phosphoric acid groups is 1. The van der Waals surface area contributed by atoms with E-state index in [0.717, 1.165) is 48.4 Å². The Labute approximate surface area is 317 Å². The second-order valence-corrected chi connectivity index (χ2v) is 16.9. The lowest BCUT2D eigenvalue weighted by Crippen LogP contribution is -2.52. The molecule has 0 radical (unpaired) electrons. The van der Waals surface area contributed by atoms with Crippen molar-refractivity contribution >= 4 is 13.7 Å². The van der Waals surface area contributed by atoms with Crippen molar-refractivity contribution in [2.45, 2.75) is 63.6 Å². The van der Waals surface area contributed by atoms with Crippen molar-refractivity contribution in [2.75, 3.05) is 39.6 Å². The van der Waals surface area contributed by atoms with Gasteiger partial charge in [0.2, 0.25) is 5.91 Å². The number of quaternary nitrogens is 1. The number of amides is 1. The molecule has 3 unspecified atom stereocenters. The Morgan fingerprint density at radius 2 is 1.69 bits per heavy atom. The lowest BCUT2D eigenvalue weighted by molar-refractivity contribution is -0.931. The number of likely N-dealkylation sites (tertiary alicyclic amines) is 1. The van der Waals surface area contributed by atoms with Crippen LogP contribution in [0.5, 0.6) is 11.5 Å². The van der Waals surface area contributed by atoms with Crippen LogP contribution < -0.4 is 20.5 Å². The maximum absolute atomic E-state index is 14.0. The molecular weight excluding hydrogens is 705 g/mol. The molecule has 6 rings (SSSR count). The molecule has 288 valence electrons. The van der Waals surface area contributed by atoms with Crippen LogP contribution >= 0.6 is 7.82 Å². The van der Waals surface area contributed by atoms with E-state index >= 15 is 0 Å². The fourth-order valence-corrected chi connectivity index (χ4v) is 8.45. The molecule has 6 N–H and O–H groups in total. The van der Waals surface area contributed by atoms with Gasteiger partial charge >= 0.3 is 7.82 Å². The van der Waals surface area contributed by atoms with E-state index in [1.807, 2.05) is 93.6 Å². The van der Waals surface area contributed by atoms with Crippen molar-refractivity contribution in [3.8, 4) is 11.5 Å². The maximum atomic E-state index is 14.0. The number of hydrogen-bond acceptors (Lipinski definition) is 7. The topological polar surface area (TPSA) is 161 Å². The van der Waals surface area contributed by atoms with Gasteiger partial charge in [0.25, 0.3) is 0 Å². The number of β-amino-alcohol motifs (C(OH)–C–C–N with tert-alkyl or cyclic N) is 1. The van der Waals surface area contributed by atoms with Crippen LogP contribution in [0.1, 0.15) is 66.7 Å². The Morgan fingerprint density at radius 3 is 2.31 bits per heavy atom. The van der Waals surface area contributed by atoms with Crippen LogP contribution in [0.2, 0.25) is 0 Å². The number of aliphatic hydroxyl groups excluding tert-OH is 1. The highest BCUT2D eigenvalue weighted by atomic mass is 31.2. The molecule has 0 saturated carbocycles. The maximum Gasteiger partial charge on any atom is 0.472 e. The average Bonchev–Trinajstić information content (AvgIpc) is 3.78. The van der Waals surface area contributed by atoms with E-state index < -0.39 is 32.0 Å². The number of hydrogen-bond donors (Lipinski definition) is 5. The number of carbonyl (C=O) groups is 1. The van der Waals surface area contributed by atoms with Crippen LogP contribution in [-0.2, 0) is 38.7 Å². The van der Waals surface area contributed by atoms with Crippen molar-refractivity contribution in [1.82, 2.24) is 5.32 Å². The molecule has 2 heterocycles. The molecule has 12 heteroatoms. The first-order valence-corrected chi connectivity index (χ1v) is 20.1. The van der Waals surface area contributed by atoms with Crippen molar-refractivity contribution in [2.24, 2.45) is 11.7 Å². The number of phosphoric ester groups is 1. The molecule has 1 amide bonds. The van der Waals surface area contributed by atoms with Gasteiger partial charge in [-0.1, -0.05) is 78.9 Å². The van der Waals surface area contributed by atoms with Gasteiger partial charge in [-0.15, -0.1) is 0 Å². The highest BCUT2D eigenvalue weighted by Crippen LogP contribution is 2.47. The van der Waals surface area contributed by atoms with Gasteiger partial charge in [-0.25, -0.2) is 9.09 Å². The molecule has 0 spiro atoms. The molecular formula is C42H53N3O8P+. The van der Waals surface area contributed by atoms with E-state index in [1.165, 1.54) is 11.1 Å². The normalized spacial score (nSPS) is 19.3. The predicted octanol–water partition coefficient (Wildman–Crippen LogP) is 5.54. The Bertz CT molecular complexity index is 1910. The van der Waals surface area contributed by atoms with E-state index in [1.54, 1.807) is 12.1 Å². The van der Waals surface area contributed by atoms with Gasteiger partial charge in [-0.2, -0.15) is 0 Å². The third-order valence-corrected chi connectivity index (χ3v) is 11.3. The summed E-state index contributed by atoms with van der Waals surface area (Å²) in [5, 5.41) is 14.7. The Morgan fingerprint density at radius 1 is 1.00 bits per heavy atom. The van der Waals surface area contributed by atoms with Gasteiger partial charge in [0.15, 0.2) is 6.79 Å². The number of benzene rings is 4. The summed E-state index contributed by atoms with van der Waals surface area (Å²) >= 11 is 0. The summed E-state index contributed by atoms with van der Waals surface area (Å²) < 4.78 is 28.5. The molecule has 4 aromatic rings. The minimum atomic E-state index is -4.79. The van der Waals surface area contributed by atoms with E-state index in [-0.39, 0.29) is 11.5 Å². The van der Waals surface area contributed by atoms with Crippen molar-refractivity contribution in [3.63, 3.8) is 0 Å². The van der Waals surface area contributed by atoms with E-state index in [0.29, 0.717) is 48.5 Å². The summed E-state index contributed by atoms with van der Waals surface area (Å²) in [7, 11) is -4.79. The van der Waals surface area contributed by atoms with Crippen LogP contribution in [0.15, 0.2) is 97.1 Å². The molecule has 0 bridgehead atoms. The van der Waals surface area contributed by atoms with Gasteiger partial charge in [0.1, 0.15) is 23.5 Å². The molecule has 54 heavy (non-hydrogen) atoms. The van der Waals surface area contributed by atoms with Gasteiger partial charge in [-0.05, 0) is 66.8 Å². The highest BCUT2D eigenvalue weighted by molar-refractivity contribution is 7.46. The number of ether oxygens (including phenoxy) is 2. The number of carbonyl (C=O) groups excluding carboxylic acids is 1. The second kappa shape index (κ2) is 16.4. The van der Waals surface area contributed by atoms with Gasteiger partial charge < -0.3 is 39.9 Å². The third-order valence-electron chi connectivity index (χ3n) is 10.9. The first-order chi connectivity index (χ1) is 25.7. The van der Waals surface area contributed by atoms with Crippen LogP contribution in [0.25, 0.3) is 0 Å². The average molecular weight is 759 g/mol. The molecule has 1 saturated heterocycles. The summed E-state index contributed by atoms with van der Waals surface area (Å²) in [4.78, 5) is 32.8. The fourth-order valence-electron chi connectivity index (χ4n) is 8.26. The van der Waals surface area contributed by atoms with Gasteiger partial charge in [-0.3, -0.25) is 4.79 Å². The minimum Gasteiger partial charge on any atom is -0.493 e. The summed E-state index contributed by atoms with van der Waals surface area (Å²) in [6, 6.07) is 31.4. The first-order valence-electron chi connectivity index (χ1n) is 18.6.